The summed E-state index contributed by atoms with van der Waals surface area (Å²) in [6, 6.07) is 25.5. The summed E-state index contributed by atoms with van der Waals surface area (Å²) < 4.78 is 7.30. The predicted octanol–water partition coefficient (Wildman–Crippen LogP) is 4.67. The average molecular weight is 427 g/mol. The van der Waals surface area contributed by atoms with Gasteiger partial charge in [0.15, 0.2) is 0 Å². The zero-order valence-corrected chi connectivity index (χ0v) is 18.4. The Morgan fingerprint density at radius 3 is 2.34 bits per heavy atom. The van der Waals surface area contributed by atoms with Crippen molar-refractivity contribution in [2.45, 2.75) is 25.9 Å². The average Bonchev–Trinajstić information content (AvgIpc) is 3.29. The van der Waals surface area contributed by atoms with Crippen molar-refractivity contribution in [1.82, 2.24) is 20.3 Å². The van der Waals surface area contributed by atoms with E-state index in [1.807, 2.05) is 92.8 Å². The van der Waals surface area contributed by atoms with Gasteiger partial charge in [-0.15, -0.1) is 5.10 Å². The van der Waals surface area contributed by atoms with Crippen LogP contribution in [-0.4, -0.2) is 28.0 Å². The van der Waals surface area contributed by atoms with E-state index in [0.29, 0.717) is 23.6 Å². The number of benzene rings is 3. The van der Waals surface area contributed by atoms with Crippen LogP contribution in [-0.2, 0) is 12.1 Å². The molecule has 1 N–H and O–H groups in total. The van der Waals surface area contributed by atoms with Crippen LogP contribution in [0.1, 0.15) is 35.5 Å². The molecule has 0 atom stereocenters. The number of ether oxygens (including phenoxy) is 1. The third-order valence-corrected chi connectivity index (χ3v) is 5.35. The number of hydrogen-bond acceptors (Lipinski definition) is 4. The van der Waals surface area contributed by atoms with E-state index in [-0.39, 0.29) is 5.91 Å². The fraction of sp³-hybridized carbons (Fsp3) is 0.192. The fourth-order valence-electron chi connectivity index (χ4n) is 3.64. The summed E-state index contributed by atoms with van der Waals surface area (Å²) in [6.07, 6.45) is 1.87. The Kier molecular flexibility index (Phi) is 6.03. The Labute approximate surface area is 187 Å². The molecular weight excluding hydrogens is 400 g/mol. The summed E-state index contributed by atoms with van der Waals surface area (Å²) >= 11 is 0. The van der Waals surface area contributed by atoms with Crippen molar-refractivity contribution >= 4 is 5.91 Å². The largest absolute Gasteiger partial charge is 0.496 e. The van der Waals surface area contributed by atoms with E-state index in [2.05, 4.69) is 15.6 Å². The lowest BCUT2D eigenvalue weighted by Gasteiger charge is -2.25. The molecule has 6 nitrogen and oxygen atoms in total. The van der Waals surface area contributed by atoms with E-state index in [9.17, 15) is 4.79 Å². The molecule has 1 heterocycles. The predicted molar refractivity (Wildman–Crippen MR) is 124 cm³/mol. The van der Waals surface area contributed by atoms with Crippen LogP contribution >= 0.6 is 0 Å². The Balaban J connectivity index is 1.60. The summed E-state index contributed by atoms with van der Waals surface area (Å²) in [5.74, 6) is 0.288. The molecule has 0 aliphatic heterocycles. The number of aromatic nitrogens is 3. The quantitative estimate of drug-likeness (QED) is 0.466. The molecule has 162 valence electrons. The molecule has 0 bridgehead atoms. The van der Waals surface area contributed by atoms with E-state index in [1.54, 1.807) is 17.9 Å². The fourth-order valence-corrected chi connectivity index (χ4v) is 3.64. The second-order valence-electron chi connectivity index (χ2n) is 8.11. The zero-order valence-electron chi connectivity index (χ0n) is 18.4. The maximum atomic E-state index is 13.5. The lowest BCUT2D eigenvalue weighted by molar-refractivity contribution is 0.0908. The lowest BCUT2D eigenvalue weighted by Crippen LogP contribution is -2.41. The SMILES string of the molecule is COc1cccc(-c2ccccc2)c1C(=O)NC(C)(C)c1cn(Cc2ccccc2)nn1. The van der Waals surface area contributed by atoms with Crippen LogP contribution in [0.4, 0.5) is 0 Å². The zero-order chi connectivity index (χ0) is 22.6. The van der Waals surface area contributed by atoms with Crippen molar-refractivity contribution in [3.8, 4) is 16.9 Å². The molecule has 1 amide bonds. The molecule has 3 aromatic carbocycles. The van der Waals surface area contributed by atoms with Crippen molar-refractivity contribution in [3.63, 3.8) is 0 Å². The monoisotopic (exact) mass is 426 g/mol. The number of amides is 1. The molecule has 4 aromatic rings. The summed E-state index contributed by atoms with van der Waals surface area (Å²) in [4.78, 5) is 13.5. The van der Waals surface area contributed by atoms with Crippen molar-refractivity contribution in [3.05, 3.63) is 102 Å². The molecule has 4 rings (SSSR count). The first-order valence-corrected chi connectivity index (χ1v) is 10.5. The highest BCUT2D eigenvalue weighted by molar-refractivity contribution is 6.03. The second kappa shape index (κ2) is 9.06. The summed E-state index contributed by atoms with van der Waals surface area (Å²) in [5.41, 5.74) is 3.33. The molecule has 1 aromatic heterocycles. The number of nitrogens with zero attached hydrogens (tertiary/aromatic N) is 3. The molecule has 32 heavy (non-hydrogen) atoms. The van der Waals surface area contributed by atoms with Gasteiger partial charge in [-0.3, -0.25) is 4.79 Å². The molecule has 0 saturated carbocycles. The topological polar surface area (TPSA) is 69.0 Å². The van der Waals surface area contributed by atoms with Gasteiger partial charge in [0, 0.05) is 0 Å². The van der Waals surface area contributed by atoms with Crippen molar-refractivity contribution in [2.24, 2.45) is 0 Å². The van der Waals surface area contributed by atoms with Crippen LogP contribution in [0.5, 0.6) is 5.75 Å². The van der Waals surface area contributed by atoms with Gasteiger partial charge in [0.1, 0.15) is 11.4 Å². The van der Waals surface area contributed by atoms with Gasteiger partial charge in [0.25, 0.3) is 5.91 Å². The Morgan fingerprint density at radius 1 is 0.969 bits per heavy atom. The maximum absolute atomic E-state index is 13.5. The standard InChI is InChI=1S/C26H26N4O2/c1-26(2,23-18-30(29-28-23)17-19-11-6-4-7-12-19)27-25(31)24-21(15-10-16-22(24)32-3)20-13-8-5-9-14-20/h4-16,18H,17H2,1-3H3,(H,27,31). The number of rotatable bonds is 7. The van der Waals surface area contributed by atoms with Gasteiger partial charge in [-0.1, -0.05) is 78.0 Å². The molecule has 0 aliphatic rings. The molecule has 0 unspecified atom stereocenters. The normalized spacial score (nSPS) is 11.2. The van der Waals surface area contributed by atoms with Gasteiger partial charge >= 0.3 is 0 Å². The highest BCUT2D eigenvalue weighted by Crippen LogP contribution is 2.31. The van der Waals surface area contributed by atoms with E-state index >= 15 is 0 Å². The molecule has 0 radical (unpaired) electrons. The molecule has 6 heteroatoms. The van der Waals surface area contributed by atoms with Gasteiger partial charge in [-0.05, 0) is 36.6 Å². The molecule has 0 spiro atoms. The summed E-state index contributed by atoms with van der Waals surface area (Å²) in [5, 5.41) is 11.7. The third-order valence-electron chi connectivity index (χ3n) is 5.35. The Hall–Kier alpha value is -3.93. The number of carbonyl (C=O) groups is 1. The van der Waals surface area contributed by atoms with Gasteiger partial charge < -0.3 is 10.1 Å². The van der Waals surface area contributed by atoms with Crippen LogP contribution < -0.4 is 10.1 Å². The number of methoxy groups -OCH3 is 1. The van der Waals surface area contributed by atoms with Gasteiger partial charge in [-0.25, -0.2) is 4.68 Å². The van der Waals surface area contributed by atoms with E-state index in [4.69, 9.17) is 4.74 Å². The van der Waals surface area contributed by atoms with Crippen LogP contribution in [0.3, 0.4) is 0 Å². The van der Waals surface area contributed by atoms with Gasteiger partial charge in [-0.2, -0.15) is 0 Å². The highest BCUT2D eigenvalue weighted by Gasteiger charge is 2.29. The Morgan fingerprint density at radius 2 is 1.66 bits per heavy atom. The number of carbonyl (C=O) groups excluding carboxylic acids is 1. The maximum Gasteiger partial charge on any atom is 0.256 e. The molecule has 0 aliphatic carbocycles. The lowest BCUT2D eigenvalue weighted by atomic mass is 9.96. The summed E-state index contributed by atoms with van der Waals surface area (Å²) in [7, 11) is 1.57. The van der Waals surface area contributed by atoms with Crippen molar-refractivity contribution < 1.29 is 9.53 Å². The van der Waals surface area contributed by atoms with Crippen molar-refractivity contribution in [1.29, 1.82) is 0 Å². The van der Waals surface area contributed by atoms with E-state index < -0.39 is 5.54 Å². The van der Waals surface area contributed by atoms with Crippen LogP contribution in [0.15, 0.2) is 85.1 Å². The first-order chi connectivity index (χ1) is 15.5. The van der Waals surface area contributed by atoms with Crippen molar-refractivity contribution in [2.75, 3.05) is 7.11 Å². The molecule has 0 saturated heterocycles. The van der Waals surface area contributed by atoms with Crippen LogP contribution in [0, 0.1) is 0 Å². The number of hydrogen-bond donors (Lipinski definition) is 1. The third kappa shape index (κ3) is 4.54. The first-order valence-electron chi connectivity index (χ1n) is 10.5. The minimum Gasteiger partial charge on any atom is -0.496 e. The van der Waals surface area contributed by atoms with Gasteiger partial charge in [0.05, 0.1) is 31.0 Å². The minimum atomic E-state index is -0.735. The van der Waals surface area contributed by atoms with Gasteiger partial charge in [0.2, 0.25) is 0 Å². The smallest absolute Gasteiger partial charge is 0.256 e. The van der Waals surface area contributed by atoms with E-state index in [1.165, 1.54) is 0 Å². The molecule has 0 fully saturated rings. The van der Waals surface area contributed by atoms with Crippen LogP contribution in [0.25, 0.3) is 11.1 Å². The molecular formula is C26H26N4O2. The highest BCUT2D eigenvalue weighted by atomic mass is 16.5. The summed E-state index contributed by atoms with van der Waals surface area (Å²) in [6.45, 7) is 4.45. The minimum absolute atomic E-state index is 0.232. The second-order valence-corrected chi connectivity index (χ2v) is 8.11. The first kappa shape index (κ1) is 21.3. The number of nitrogens with one attached hydrogen (secondary N) is 1. The Bertz CT molecular complexity index is 1200. The van der Waals surface area contributed by atoms with E-state index in [0.717, 1.165) is 16.7 Å². The van der Waals surface area contributed by atoms with Crippen LogP contribution in [0.2, 0.25) is 0 Å².